The topological polar surface area (TPSA) is 29.5 Å². The Labute approximate surface area is 86.7 Å². The van der Waals surface area contributed by atoms with Gasteiger partial charge in [0, 0.05) is 12.1 Å². The Morgan fingerprint density at radius 3 is 2.43 bits per heavy atom. The molecule has 0 aromatic heterocycles. The predicted octanol–water partition coefficient (Wildman–Crippen LogP) is 1.84. The molecule has 0 aliphatic rings. The first-order chi connectivity index (χ1) is 6.61. The zero-order chi connectivity index (χ0) is 11.0. The zero-order valence-corrected chi connectivity index (χ0v) is 9.51. The van der Waals surface area contributed by atoms with E-state index in [0.29, 0.717) is 12.2 Å². The SMILES string of the molecule is C=C(C)C(=O)OCCN(CC)CCC. The van der Waals surface area contributed by atoms with Gasteiger partial charge < -0.3 is 9.64 Å². The number of hydrogen-bond acceptors (Lipinski definition) is 3. The lowest BCUT2D eigenvalue weighted by molar-refractivity contribution is -0.139. The van der Waals surface area contributed by atoms with Crippen molar-refractivity contribution in [2.45, 2.75) is 27.2 Å². The molecule has 3 heteroatoms. The molecular formula is C11H21NO2. The lowest BCUT2D eigenvalue weighted by atomic mass is 10.3. The van der Waals surface area contributed by atoms with Crippen molar-refractivity contribution in [1.29, 1.82) is 0 Å². The Balaban J connectivity index is 3.60. The van der Waals surface area contributed by atoms with Crippen LogP contribution in [0.15, 0.2) is 12.2 Å². The first-order valence-electron chi connectivity index (χ1n) is 5.16. The van der Waals surface area contributed by atoms with Crippen LogP contribution in [0.4, 0.5) is 0 Å². The number of carbonyl (C=O) groups is 1. The third-order valence-corrected chi connectivity index (χ3v) is 1.98. The van der Waals surface area contributed by atoms with Crippen molar-refractivity contribution >= 4 is 5.97 Å². The molecule has 0 heterocycles. The maximum absolute atomic E-state index is 11.0. The highest BCUT2D eigenvalue weighted by Gasteiger charge is 2.04. The van der Waals surface area contributed by atoms with E-state index in [9.17, 15) is 4.79 Å². The predicted molar refractivity (Wildman–Crippen MR) is 58.2 cm³/mol. The van der Waals surface area contributed by atoms with E-state index in [1.165, 1.54) is 0 Å². The van der Waals surface area contributed by atoms with Crippen molar-refractivity contribution in [3.8, 4) is 0 Å². The smallest absolute Gasteiger partial charge is 0.333 e. The fourth-order valence-electron chi connectivity index (χ4n) is 1.13. The van der Waals surface area contributed by atoms with Crippen LogP contribution in [-0.2, 0) is 9.53 Å². The molecule has 0 radical (unpaired) electrons. The molecule has 0 unspecified atom stereocenters. The van der Waals surface area contributed by atoms with Crippen LogP contribution in [0.25, 0.3) is 0 Å². The second kappa shape index (κ2) is 7.56. The van der Waals surface area contributed by atoms with E-state index < -0.39 is 0 Å². The lowest BCUT2D eigenvalue weighted by Gasteiger charge is -2.18. The van der Waals surface area contributed by atoms with Crippen LogP contribution in [0, 0.1) is 0 Å². The molecule has 0 aliphatic carbocycles. The third-order valence-electron chi connectivity index (χ3n) is 1.98. The molecule has 0 atom stereocenters. The van der Waals surface area contributed by atoms with Crippen LogP contribution in [0.5, 0.6) is 0 Å². The van der Waals surface area contributed by atoms with Crippen LogP contribution in [-0.4, -0.2) is 37.1 Å². The largest absolute Gasteiger partial charge is 0.461 e. The van der Waals surface area contributed by atoms with Crippen molar-refractivity contribution in [1.82, 2.24) is 4.90 Å². The molecule has 0 fully saturated rings. The van der Waals surface area contributed by atoms with Gasteiger partial charge in [-0.3, -0.25) is 0 Å². The van der Waals surface area contributed by atoms with Crippen molar-refractivity contribution < 1.29 is 9.53 Å². The van der Waals surface area contributed by atoms with Crippen LogP contribution in [0.1, 0.15) is 27.2 Å². The highest BCUT2D eigenvalue weighted by molar-refractivity contribution is 5.86. The molecule has 0 saturated heterocycles. The van der Waals surface area contributed by atoms with E-state index in [1.54, 1.807) is 6.92 Å². The van der Waals surface area contributed by atoms with Gasteiger partial charge in [0.05, 0.1) is 0 Å². The Kier molecular flexibility index (Phi) is 7.11. The van der Waals surface area contributed by atoms with Gasteiger partial charge in [-0.1, -0.05) is 20.4 Å². The Morgan fingerprint density at radius 2 is 2.00 bits per heavy atom. The minimum atomic E-state index is -0.294. The average Bonchev–Trinajstić information content (AvgIpc) is 2.16. The van der Waals surface area contributed by atoms with Gasteiger partial charge in [0.2, 0.25) is 0 Å². The van der Waals surface area contributed by atoms with Gasteiger partial charge in [0.25, 0.3) is 0 Å². The Morgan fingerprint density at radius 1 is 1.36 bits per heavy atom. The van der Waals surface area contributed by atoms with E-state index in [2.05, 4.69) is 25.3 Å². The quantitative estimate of drug-likeness (QED) is 0.463. The van der Waals surface area contributed by atoms with Crippen LogP contribution >= 0.6 is 0 Å². The molecule has 0 bridgehead atoms. The van der Waals surface area contributed by atoms with E-state index in [1.807, 2.05) is 0 Å². The van der Waals surface area contributed by atoms with E-state index in [4.69, 9.17) is 4.74 Å². The van der Waals surface area contributed by atoms with Gasteiger partial charge in [-0.2, -0.15) is 0 Å². The molecule has 0 amide bonds. The monoisotopic (exact) mass is 199 g/mol. The summed E-state index contributed by atoms with van der Waals surface area (Å²) in [7, 11) is 0. The molecule has 0 aromatic rings. The maximum Gasteiger partial charge on any atom is 0.333 e. The maximum atomic E-state index is 11.0. The summed E-state index contributed by atoms with van der Waals surface area (Å²) in [5.74, 6) is -0.294. The zero-order valence-electron chi connectivity index (χ0n) is 9.51. The summed E-state index contributed by atoms with van der Waals surface area (Å²) < 4.78 is 5.00. The molecule has 0 saturated carbocycles. The minimum absolute atomic E-state index is 0.294. The first kappa shape index (κ1) is 13.2. The van der Waals surface area contributed by atoms with E-state index in [0.717, 1.165) is 26.1 Å². The van der Waals surface area contributed by atoms with Crippen LogP contribution < -0.4 is 0 Å². The highest BCUT2D eigenvalue weighted by Crippen LogP contribution is 1.94. The average molecular weight is 199 g/mol. The summed E-state index contributed by atoms with van der Waals surface area (Å²) in [6.45, 7) is 12.8. The number of rotatable bonds is 7. The highest BCUT2D eigenvalue weighted by atomic mass is 16.5. The lowest BCUT2D eigenvalue weighted by Crippen LogP contribution is -2.29. The van der Waals surface area contributed by atoms with Gasteiger partial charge in [0.1, 0.15) is 6.61 Å². The number of ether oxygens (including phenoxy) is 1. The number of hydrogen-bond donors (Lipinski definition) is 0. The number of carbonyl (C=O) groups excluding carboxylic acids is 1. The molecule has 14 heavy (non-hydrogen) atoms. The summed E-state index contributed by atoms with van der Waals surface area (Å²) in [4.78, 5) is 13.3. The van der Waals surface area contributed by atoms with Crippen molar-refractivity contribution in [2.24, 2.45) is 0 Å². The molecule has 0 aromatic carbocycles. The molecule has 0 aliphatic heterocycles. The van der Waals surface area contributed by atoms with Gasteiger partial charge in [-0.25, -0.2) is 4.79 Å². The van der Waals surface area contributed by atoms with E-state index in [-0.39, 0.29) is 5.97 Å². The van der Waals surface area contributed by atoms with Crippen LogP contribution in [0.2, 0.25) is 0 Å². The van der Waals surface area contributed by atoms with Gasteiger partial charge in [-0.15, -0.1) is 0 Å². The van der Waals surface area contributed by atoms with Gasteiger partial charge >= 0.3 is 5.97 Å². The summed E-state index contributed by atoms with van der Waals surface area (Å²) >= 11 is 0. The minimum Gasteiger partial charge on any atom is -0.461 e. The number of likely N-dealkylation sites (N-methyl/N-ethyl adjacent to an activating group) is 1. The van der Waals surface area contributed by atoms with Crippen molar-refractivity contribution in [3.05, 3.63) is 12.2 Å². The van der Waals surface area contributed by atoms with Crippen molar-refractivity contribution in [2.75, 3.05) is 26.2 Å². The normalized spacial score (nSPS) is 10.3. The van der Waals surface area contributed by atoms with Crippen LogP contribution in [0.3, 0.4) is 0 Å². The fraction of sp³-hybridized carbons (Fsp3) is 0.727. The molecule has 3 nitrogen and oxygen atoms in total. The first-order valence-corrected chi connectivity index (χ1v) is 5.16. The molecule has 0 N–H and O–H groups in total. The van der Waals surface area contributed by atoms with E-state index >= 15 is 0 Å². The number of nitrogens with zero attached hydrogens (tertiary/aromatic N) is 1. The summed E-state index contributed by atoms with van der Waals surface area (Å²) in [5, 5.41) is 0. The summed E-state index contributed by atoms with van der Waals surface area (Å²) in [6.07, 6.45) is 1.13. The molecule has 0 spiro atoms. The van der Waals surface area contributed by atoms with Crippen molar-refractivity contribution in [3.63, 3.8) is 0 Å². The number of esters is 1. The third kappa shape index (κ3) is 5.75. The molecule has 82 valence electrons. The summed E-state index contributed by atoms with van der Waals surface area (Å²) in [6, 6.07) is 0. The van der Waals surface area contributed by atoms with Gasteiger partial charge in [0.15, 0.2) is 0 Å². The summed E-state index contributed by atoms with van der Waals surface area (Å²) in [5.41, 5.74) is 0.462. The Bertz CT molecular complexity index is 190. The standard InChI is InChI=1S/C11H21NO2/c1-5-7-12(6-2)8-9-14-11(13)10(3)4/h3,5-9H2,1-2,4H3. The molecular weight excluding hydrogens is 178 g/mol. The Hall–Kier alpha value is -0.830. The fourth-order valence-corrected chi connectivity index (χ4v) is 1.13. The second-order valence-electron chi connectivity index (χ2n) is 3.35. The molecule has 0 rings (SSSR count). The second-order valence-corrected chi connectivity index (χ2v) is 3.35. The van der Waals surface area contributed by atoms with Gasteiger partial charge in [-0.05, 0) is 26.4 Å².